The first-order valence-corrected chi connectivity index (χ1v) is 8.51. The minimum Gasteiger partial charge on any atom is -0.482 e. The van der Waals surface area contributed by atoms with Crippen LogP contribution in [0.15, 0.2) is 35.7 Å². The van der Waals surface area contributed by atoms with Crippen molar-refractivity contribution >= 4 is 23.2 Å². The number of rotatable bonds is 7. The van der Waals surface area contributed by atoms with Crippen LogP contribution in [0.2, 0.25) is 0 Å². The molecule has 24 heavy (non-hydrogen) atoms. The molecule has 0 saturated heterocycles. The quantitative estimate of drug-likeness (QED) is 0.782. The summed E-state index contributed by atoms with van der Waals surface area (Å²) in [5, 5.41) is 4.73. The number of benzene rings is 1. The molecule has 1 amide bonds. The maximum Gasteiger partial charge on any atom is 0.344 e. The van der Waals surface area contributed by atoms with Crippen LogP contribution in [0.25, 0.3) is 0 Å². The summed E-state index contributed by atoms with van der Waals surface area (Å²) < 4.78 is 10.3. The van der Waals surface area contributed by atoms with Crippen LogP contribution in [0.4, 0.5) is 0 Å². The highest BCUT2D eigenvalue weighted by molar-refractivity contribution is 7.10. The van der Waals surface area contributed by atoms with E-state index in [0.29, 0.717) is 5.75 Å². The first-order valence-electron chi connectivity index (χ1n) is 7.63. The average molecular weight is 347 g/mol. The summed E-state index contributed by atoms with van der Waals surface area (Å²) in [6.07, 6.45) is 0. The van der Waals surface area contributed by atoms with Gasteiger partial charge in [0.25, 0.3) is 5.91 Å². The molecule has 0 unspecified atom stereocenters. The van der Waals surface area contributed by atoms with Gasteiger partial charge in [0, 0.05) is 4.88 Å². The summed E-state index contributed by atoms with van der Waals surface area (Å²) in [6.45, 7) is 5.25. The van der Waals surface area contributed by atoms with E-state index in [4.69, 9.17) is 9.47 Å². The summed E-state index contributed by atoms with van der Waals surface area (Å²) in [5.41, 5.74) is 2.11. The zero-order valence-electron chi connectivity index (χ0n) is 14.0. The van der Waals surface area contributed by atoms with Gasteiger partial charge in [-0.3, -0.25) is 4.79 Å². The SMILES string of the molecule is Cc1cc(C)cc(OCC(=O)OCC(=O)N[C@H](C)c2cccs2)c1. The number of hydrogen-bond donors (Lipinski definition) is 1. The lowest BCUT2D eigenvalue weighted by Gasteiger charge is -2.12. The summed E-state index contributed by atoms with van der Waals surface area (Å²) in [5.74, 6) is -0.302. The number of thiophene rings is 1. The number of ether oxygens (including phenoxy) is 2. The minimum absolute atomic E-state index is 0.109. The monoisotopic (exact) mass is 347 g/mol. The molecule has 0 spiro atoms. The predicted octanol–water partition coefficient (Wildman–Crippen LogP) is 3.16. The number of hydrogen-bond acceptors (Lipinski definition) is 5. The van der Waals surface area contributed by atoms with E-state index in [1.807, 2.05) is 56.5 Å². The van der Waals surface area contributed by atoms with Gasteiger partial charge in [0.1, 0.15) is 5.75 Å². The molecule has 0 saturated carbocycles. The zero-order chi connectivity index (χ0) is 17.5. The van der Waals surface area contributed by atoms with Gasteiger partial charge in [-0.1, -0.05) is 12.1 Å². The second-order valence-corrected chi connectivity index (χ2v) is 6.56. The lowest BCUT2D eigenvalue weighted by atomic mass is 10.1. The molecule has 0 aliphatic rings. The van der Waals surface area contributed by atoms with Crippen molar-refractivity contribution in [2.24, 2.45) is 0 Å². The third-order valence-electron chi connectivity index (χ3n) is 3.26. The topological polar surface area (TPSA) is 64.6 Å². The normalized spacial score (nSPS) is 11.6. The fourth-order valence-electron chi connectivity index (χ4n) is 2.24. The molecule has 5 nitrogen and oxygen atoms in total. The third-order valence-corrected chi connectivity index (χ3v) is 4.32. The first kappa shape index (κ1) is 18.0. The molecule has 1 N–H and O–H groups in total. The second kappa shape index (κ2) is 8.49. The van der Waals surface area contributed by atoms with Crippen molar-refractivity contribution in [3.8, 4) is 5.75 Å². The Hall–Kier alpha value is -2.34. The highest BCUT2D eigenvalue weighted by atomic mass is 32.1. The molecule has 2 rings (SSSR count). The Labute approximate surface area is 145 Å². The van der Waals surface area contributed by atoms with E-state index in [9.17, 15) is 9.59 Å². The number of carbonyl (C=O) groups excluding carboxylic acids is 2. The Morgan fingerprint density at radius 2 is 1.88 bits per heavy atom. The van der Waals surface area contributed by atoms with Crippen LogP contribution < -0.4 is 10.1 Å². The Morgan fingerprint density at radius 3 is 2.50 bits per heavy atom. The molecule has 0 aliphatic heterocycles. The number of carbonyl (C=O) groups is 2. The maximum absolute atomic E-state index is 11.8. The third kappa shape index (κ3) is 5.70. The zero-order valence-corrected chi connectivity index (χ0v) is 14.8. The van der Waals surface area contributed by atoms with Gasteiger partial charge in [-0.05, 0) is 55.5 Å². The molecule has 1 atom stereocenters. The van der Waals surface area contributed by atoms with E-state index in [0.717, 1.165) is 16.0 Å². The predicted molar refractivity (Wildman–Crippen MR) is 93.2 cm³/mol. The van der Waals surface area contributed by atoms with Gasteiger partial charge in [0.2, 0.25) is 0 Å². The van der Waals surface area contributed by atoms with Crippen LogP contribution in [-0.2, 0) is 14.3 Å². The van der Waals surface area contributed by atoms with Crippen molar-refractivity contribution in [2.45, 2.75) is 26.8 Å². The maximum atomic E-state index is 11.8. The molecule has 0 fully saturated rings. The molecule has 2 aromatic rings. The van der Waals surface area contributed by atoms with Crippen molar-refractivity contribution in [1.29, 1.82) is 0 Å². The van der Waals surface area contributed by atoms with E-state index in [2.05, 4.69) is 5.32 Å². The van der Waals surface area contributed by atoms with Gasteiger partial charge >= 0.3 is 5.97 Å². The Balaban J connectivity index is 1.71. The minimum atomic E-state index is -0.576. The van der Waals surface area contributed by atoms with Gasteiger partial charge in [-0.2, -0.15) is 0 Å². The largest absolute Gasteiger partial charge is 0.482 e. The molecule has 0 aliphatic carbocycles. The highest BCUT2D eigenvalue weighted by Gasteiger charge is 2.13. The number of nitrogens with one attached hydrogen (secondary N) is 1. The Morgan fingerprint density at radius 1 is 1.17 bits per heavy atom. The van der Waals surface area contributed by atoms with Crippen molar-refractivity contribution in [3.05, 3.63) is 51.7 Å². The van der Waals surface area contributed by atoms with Crippen LogP contribution >= 0.6 is 11.3 Å². The highest BCUT2D eigenvalue weighted by Crippen LogP contribution is 2.18. The first-order chi connectivity index (χ1) is 11.4. The molecule has 0 radical (unpaired) electrons. The van der Waals surface area contributed by atoms with E-state index in [1.54, 1.807) is 11.3 Å². The summed E-state index contributed by atoms with van der Waals surface area (Å²) in [7, 11) is 0. The Bertz CT molecular complexity index is 677. The van der Waals surface area contributed by atoms with Crippen molar-refractivity contribution in [1.82, 2.24) is 5.32 Å². The smallest absolute Gasteiger partial charge is 0.344 e. The van der Waals surface area contributed by atoms with Crippen molar-refractivity contribution < 1.29 is 19.1 Å². The lowest BCUT2D eigenvalue weighted by Crippen LogP contribution is -2.31. The number of amides is 1. The van der Waals surface area contributed by atoms with E-state index >= 15 is 0 Å². The van der Waals surface area contributed by atoms with Crippen LogP contribution in [0.3, 0.4) is 0 Å². The second-order valence-electron chi connectivity index (χ2n) is 5.58. The number of esters is 1. The van der Waals surface area contributed by atoms with Crippen LogP contribution in [0, 0.1) is 13.8 Å². The lowest BCUT2D eigenvalue weighted by molar-refractivity contribution is -0.150. The van der Waals surface area contributed by atoms with Gasteiger partial charge < -0.3 is 14.8 Å². The Kier molecular flexibility index (Phi) is 6.37. The fourth-order valence-corrected chi connectivity index (χ4v) is 2.97. The van der Waals surface area contributed by atoms with Gasteiger partial charge in [-0.15, -0.1) is 11.3 Å². The summed E-state index contributed by atoms with van der Waals surface area (Å²) >= 11 is 1.56. The van der Waals surface area contributed by atoms with Crippen LogP contribution in [-0.4, -0.2) is 25.1 Å². The fraction of sp³-hybridized carbons (Fsp3) is 0.333. The summed E-state index contributed by atoms with van der Waals surface area (Å²) in [6, 6.07) is 9.46. The molecule has 1 heterocycles. The molecular weight excluding hydrogens is 326 g/mol. The van der Waals surface area contributed by atoms with Gasteiger partial charge in [-0.25, -0.2) is 4.79 Å². The van der Waals surface area contributed by atoms with Crippen LogP contribution in [0.5, 0.6) is 5.75 Å². The van der Waals surface area contributed by atoms with E-state index in [-0.39, 0.29) is 25.2 Å². The van der Waals surface area contributed by atoms with Gasteiger partial charge in [0.15, 0.2) is 13.2 Å². The van der Waals surface area contributed by atoms with Crippen molar-refractivity contribution in [2.75, 3.05) is 13.2 Å². The molecule has 128 valence electrons. The van der Waals surface area contributed by atoms with Crippen molar-refractivity contribution in [3.63, 3.8) is 0 Å². The number of aryl methyl sites for hydroxylation is 2. The van der Waals surface area contributed by atoms with E-state index in [1.165, 1.54) is 0 Å². The molecular formula is C18H21NO4S. The molecule has 0 bridgehead atoms. The average Bonchev–Trinajstić information content (AvgIpc) is 3.04. The van der Waals surface area contributed by atoms with Crippen LogP contribution in [0.1, 0.15) is 29.0 Å². The standard InChI is InChI=1S/C18H21NO4S/c1-12-7-13(2)9-15(8-12)22-11-18(21)23-10-17(20)19-14(3)16-5-4-6-24-16/h4-9,14H,10-11H2,1-3H3,(H,19,20)/t14-/m1/s1. The molecule has 6 heteroatoms. The molecule has 1 aromatic heterocycles. The van der Waals surface area contributed by atoms with Gasteiger partial charge in [0.05, 0.1) is 6.04 Å². The summed E-state index contributed by atoms with van der Waals surface area (Å²) in [4.78, 5) is 24.5. The molecule has 1 aromatic carbocycles. The van der Waals surface area contributed by atoms with E-state index < -0.39 is 5.97 Å².